The van der Waals surface area contributed by atoms with Crippen molar-refractivity contribution in [3.05, 3.63) is 38.9 Å². The topological polar surface area (TPSA) is 84.7 Å². The standard InChI is InChI=1S/C15H18ClN3O4/c16-13-6-10(3-4-14(13)19(21)22)15(20)17-7-12-8-18-5-1-2-11(18)9-23-12/h3-4,6,11-12H,1-2,5,7-9H2,(H,17,20). The van der Waals surface area contributed by atoms with Crippen LogP contribution in [-0.4, -0.2) is 54.1 Å². The summed E-state index contributed by atoms with van der Waals surface area (Å²) in [6, 6.07) is 4.48. The molecule has 124 valence electrons. The van der Waals surface area contributed by atoms with E-state index in [1.807, 2.05) is 0 Å². The van der Waals surface area contributed by atoms with E-state index in [1.165, 1.54) is 31.0 Å². The smallest absolute Gasteiger partial charge is 0.287 e. The summed E-state index contributed by atoms with van der Waals surface area (Å²) in [4.78, 5) is 24.7. The van der Waals surface area contributed by atoms with Gasteiger partial charge in [-0.1, -0.05) is 11.6 Å². The van der Waals surface area contributed by atoms with Gasteiger partial charge in [0.2, 0.25) is 0 Å². The van der Waals surface area contributed by atoms with Gasteiger partial charge in [-0.25, -0.2) is 0 Å². The molecule has 2 atom stereocenters. The predicted molar refractivity (Wildman–Crippen MR) is 84.8 cm³/mol. The molecule has 1 N–H and O–H groups in total. The Morgan fingerprint density at radius 1 is 1.52 bits per heavy atom. The normalized spacial score (nSPS) is 24.2. The number of halogens is 1. The first-order chi connectivity index (χ1) is 11.0. The number of nitro benzene ring substituents is 1. The monoisotopic (exact) mass is 339 g/mol. The molecular weight excluding hydrogens is 322 g/mol. The zero-order valence-electron chi connectivity index (χ0n) is 12.5. The SMILES string of the molecule is O=C(NCC1CN2CCCC2CO1)c1ccc([N+](=O)[O-])c(Cl)c1. The molecule has 2 unspecified atom stereocenters. The van der Waals surface area contributed by atoms with Gasteiger partial charge in [-0.05, 0) is 31.5 Å². The number of carbonyl (C=O) groups is 1. The lowest BCUT2D eigenvalue weighted by atomic mass is 10.1. The number of hydrogen-bond acceptors (Lipinski definition) is 5. The van der Waals surface area contributed by atoms with Crippen LogP contribution >= 0.6 is 11.6 Å². The van der Waals surface area contributed by atoms with E-state index in [4.69, 9.17) is 16.3 Å². The molecule has 2 saturated heterocycles. The van der Waals surface area contributed by atoms with Crippen molar-refractivity contribution in [1.82, 2.24) is 10.2 Å². The average molecular weight is 340 g/mol. The fraction of sp³-hybridized carbons (Fsp3) is 0.533. The molecule has 0 aromatic heterocycles. The number of nitrogens with one attached hydrogen (secondary N) is 1. The van der Waals surface area contributed by atoms with Crippen molar-refractivity contribution in [3.8, 4) is 0 Å². The molecule has 1 aromatic carbocycles. The van der Waals surface area contributed by atoms with Crippen molar-refractivity contribution in [2.75, 3.05) is 26.2 Å². The number of fused-ring (bicyclic) bond motifs is 1. The molecule has 2 fully saturated rings. The van der Waals surface area contributed by atoms with Gasteiger partial charge in [-0.2, -0.15) is 0 Å². The summed E-state index contributed by atoms with van der Waals surface area (Å²) in [6.07, 6.45) is 2.36. The van der Waals surface area contributed by atoms with Crippen molar-refractivity contribution in [3.63, 3.8) is 0 Å². The van der Waals surface area contributed by atoms with Crippen LogP contribution < -0.4 is 5.32 Å². The summed E-state index contributed by atoms with van der Waals surface area (Å²) in [5, 5.41) is 13.5. The molecule has 1 aromatic rings. The first-order valence-corrected chi connectivity index (χ1v) is 8.00. The highest BCUT2D eigenvalue weighted by Crippen LogP contribution is 2.25. The molecule has 0 bridgehead atoms. The Balaban J connectivity index is 1.55. The number of benzene rings is 1. The van der Waals surface area contributed by atoms with E-state index in [0.29, 0.717) is 24.8 Å². The van der Waals surface area contributed by atoms with E-state index >= 15 is 0 Å². The van der Waals surface area contributed by atoms with Crippen molar-refractivity contribution in [1.29, 1.82) is 0 Å². The number of carbonyl (C=O) groups excluding carboxylic acids is 1. The number of nitro groups is 1. The maximum absolute atomic E-state index is 12.1. The molecule has 2 aliphatic heterocycles. The second-order valence-electron chi connectivity index (χ2n) is 5.88. The number of morpholine rings is 1. The Bertz CT molecular complexity index is 625. The molecule has 0 aliphatic carbocycles. The quantitative estimate of drug-likeness (QED) is 0.668. The number of rotatable bonds is 4. The Labute approximate surface area is 138 Å². The number of nitrogens with zero attached hydrogens (tertiary/aromatic N) is 2. The van der Waals surface area contributed by atoms with Crippen LogP contribution in [0.4, 0.5) is 5.69 Å². The van der Waals surface area contributed by atoms with Gasteiger partial charge in [-0.15, -0.1) is 0 Å². The summed E-state index contributed by atoms with van der Waals surface area (Å²) < 4.78 is 5.78. The third kappa shape index (κ3) is 3.63. The molecule has 0 spiro atoms. The molecule has 2 aliphatic rings. The minimum absolute atomic E-state index is 0.0261. The summed E-state index contributed by atoms with van der Waals surface area (Å²) in [5.74, 6) is -0.311. The highest BCUT2D eigenvalue weighted by molar-refractivity contribution is 6.33. The first-order valence-electron chi connectivity index (χ1n) is 7.62. The molecule has 0 radical (unpaired) electrons. The molecule has 7 nitrogen and oxygen atoms in total. The van der Waals surface area contributed by atoms with E-state index in [-0.39, 0.29) is 22.7 Å². The largest absolute Gasteiger partial charge is 0.373 e. The van der Waals surface area contributed by atoms with Crippen LogP contribution in [0.25, 0.3) is 0 Å². The highest BCUT2D eigenvalue weighted by atomic mass is 35.5. The number of hydrogen-bond donors (Lipinski definition) is 1. The lowest BCUT2D eigenvalue weighted by Gasteiger charge is -2.35. The zero-order chi connectivity index (χ0) is 16.4. The minimum atomic E-state index is -0.577. The second-order valence-corrected chi connectivity index (χ2v) is 6.29. The van der Waals surface area contributed by atoms with E-state index < -0.39 is 4.92 Å². The molecule has 8 heteroatoms. The number of ether oxygens (including phenoxy) is 1. The summed E-state index contributed by atoms with van der Waals surface area (Å²) in [6.45, 7) is 3.04. The molecule has 2 heterocycles. The lowest BCUT2D eigenvalue weighted by Crippen LogP contribution is -2.50. The molecular formula is C15H18ClN3O4. The summed E-state index contributed by atoms with van der Waals surface area (Å²) >= 11 is 5.83. The van der Waals surface area contributed by atoms with Crippen molar-refractivity contribution in [2.45, 2.75) is 25.0 Å². The van der Waals surface area contributed by atoms with Crippen LogP contribution in [0.5, 0.6) is 0 Å². The van der Waals surface area contributed by atoms with Crippen LogP contribution in [0.2, 0.25) is 5.02 Å². The molecule has 1 amide bonds. The third-order valence-corrected chi connectivity index (χ3v) is 4.66. The second kappa shape index (κ2) is 6.82. The third-order valence-electron chi connectivity index (χ3n) is 4.36. The van der Waals surface area contributed by atoms with Crippen LogP contribution in [0.3, 0.4) is 0 Å². The van der Waals surface area contributed by atoms with Crippen LogP contribution in [-0.2, 0) is 4.74 Å². The highest BCUT2D eigenvalue weighted by Gasteiger charge is 2.32. The van der Waals surface area contributed by atoms with Gasteiger partial charge in [0, 0.05) is 30.8 Å². The minimum Gasteiger partial charge on any atom is -0.373 e. The van der Waals surface area contributed by atoms with E-state index in [1.54, 1.807) is 0 Å². The zero-order valence-corrected chi connectivity index (χ0v) is 13.3. The van der Waals surface area contributed by atoms with E-state index in [9.17, 15) is 14.9 Å². The van der Waals surface area contributed by atoms with Crippen LogP contribution in [0.15, 0.2) is 18.2 Å². The van der Waals surface area contributed by atoms with Gasteiger partial charge in [0.1, 0.15) is 5.02 Å². The van der Waals surface area contributed by atoms with Gasteiger partial charge in [-0.3, -0.25) is 19.8 Å². The van der Waals surface area contributed by atoms with Gasteiger partial charge >= 0.3 is 0 Å². The first kappa shape index (κ1) is 16.2. The fourth-order valence-electron chi connectivity index (χ4n) is 3.11. The predicted octanol–water partition coefficient (Wildman–Crippen LogP) is 1.84. The Morgan fingerprint density at radius 3 is 3.09 bits per heavy atom. The molecule has 0 saturated carbocycles. The van der Waals surface area contributed by atoms with Gasteiger partial charge < -0.3 is 10.1 Å². The Hall–Kier alpha value is -1.70. The van der Waals surface area contributed by atoms with Gasteiger partial charge in [0.15, 0.2) is 0 Å². The Morgan fingerprint density at radius 2 is 2.35 bits per heavy atom. The van der Waals surface area contributed by atoms with Crippen molar-refractivity contribution in [2.24, 2.45) is 0 Å². The summed E-state index contributed by atoms with van der Waals surface area (Å²) in [5.41, 5.74) is 0.0920. The van der Waals surface area contributed by atoms with Gasteiger partial charge in [0.25, 0.3) is 11.6 Å². The van der Waals surface area contributed by atoms with Crippen LogP contribution in [0, 0.1) is 10.1 Å². The Kier molecular flexibility index (Phi) is 4.79. The fourth-order valence-corrected chi connectivity index (χ4v) is 3.36. The lowest BCUT2D eigenvalue weighted by molar-refractivity contribution is -0.384. The molecule has 23 heavy (non-hydrogen) atoms. The molecule has 3 rings (SSSR count). The van der Waals surface area contributed by atoms with Crippen molar-refractivity contribution >= 4 is 23.2 Å². The maximum Gasteiger partial charge on any atom is 0.287 e. The average Bonchev–Trinajstić information content (AvgIpc) is 2.99. The summed E-state index contributed by atoms with van der Waals surface area (Å²) in [7, 11) is 0. The van der Waals surface area contributed by atoms with E-state index in [2.05, 4.69) is 10.2 Å². The maximum atomic E-state index is 12.1. The van der Waals surface area contributed by atoms with Crippen molar-refractivity contribution < 1.29 is 14.5 Å². The van der Waals surface area contributed by atoms with E-state index in [0.717, 1.165) is 13.1 Å². The number of amides is 1. The van der Waals surface area contributed by atoms with Gasteiger partial charge in [0.05, 0.1) is 17.6 Å². The van der Waals surface area contributed by atoms with Crippen LogP contribution in [0.1, 0.15) is 23.2 Å².